The normalized spacial score (nSPS) is 15.7. The largest absolute Gasteiger partial charge is 1.00 e. The number of halogens is 3. The molecule has 0 heterocycles. The summed E-state index contributed by atoms with van der Waals surface area (Å²) < 4.78 is 1.49. The van der Waals surface area contributed by atoms with Crippen molar-refractivity contribution in [3.8, 4) is 0 Å². The van der Waals surface area contributed by atoms with Crippen molar-refractivity contribution < 1.29 is 57.7 Å². The van der Waals surface area contributed by atoms with Crippen LogP contribution in [-0.4, -0.2) is 0 Å². The van der Waals surface area contributed by atoms with Gasteiger partial charge in [-0.3, -0.25) is 0 Å². The molecule has 0 nitrogen and oxygen atoms in total. The molecule has 158 valence electrons. The van der Waals surface area contributed by atoms with Crippen molar-refractivity contribution in [1.82, 2.24) is 0 Å². The van der Waals surface area contributed by atoms with E-state index in [1.807, 2.05) is 0 Å². The van der Waals surface area contributed by atoms with E-state index in [2.05, 4.69) is 132 Å². The monoisotopic (exact) mass is 502 g/mol. The maximum atomic E-state index is 2.37. The molecule has 3 aromatic rings. The number of benzene rings is 3. The van der Waals surface area contributed by atoms with E-state index < -0.39 is 0 Å². The van der Waals surface area contributed by atoms with Crippen LogP contribution in [0.2, 0.25) is 0 Å². The Hall–Kier alpha value is -1.28. The van der Waals surface area contributed by atoms with Gasteiger partial charge in [-0.25, -0.2) is 0 Å². The van der Waals surface area contributed by atoms with Gasteiger partial charge in [0.15, 0.2) is 0 Å². The molecule has 0 fully saturated rings. The minimum absolute atomic E-state index is 0. The first-order chi connectivity index (χ1) is 13.6. The third-order valence-electron chi connectivity index (χ3n) is 6.26. The van der Waals surface area contributed by atoms with E-state index >= 15 is 0 Å². The molecule has 0 spiro atoms. The van der Waals surface area contributed by atoms with Crippen LogP contribution in [0.1, 0.15) is 37.5 Å². The van der Waals surface area contributed by atoms with Crippen molar-refractivity contribution in [2.75, 3.05) is 0 Å². The molecule has 0 aromatic heterocycles. The van der Waals surface area contributed by atoms with Gasteiger partial charge in [0.05, 0.1) is 0 Å². The van der Waals surface area contributed by atoms with Gasteiger partial charge < -0.3 is 37.2 Å². The SMILES string of the molecule is CC1=[C]([Ti+3])C(C)C(C(c2ccccc2)(c2ccccc2)c2ccccc2)=C1C.[Cl-].[Cl-].[Cl-]. The molecule has 4 heteroatoms. The maximum Gasteiger partial charge on any atom is -1.00 e. The molecule has 0 saturated heterocycles. The Balaban J connectivity index is 0.00000160. The van der Waals surface area contributed by atoms with Crippen molar-refractivity contribution in [2.24, 2.45) is 5.92 Å². The molecule has 0 amide bonds. The fourth-order valence-electron chi connectivity index (χ4n) is 4.83. The van der Waals surface area contributed by atoms with Crippen LogP contribution in [0.15, 0.2) is 112 Å². The third kappa shape index (κ3) is 4.61. The fraction of sp³-hybridized carbons (Fsp3) is 0.185. The van der Waals surface area contributed by atoms with Gasteiger partial charge in [-0.15, -0.1) is 0 Å². The summed E-state index contributed by atoms with van der Waals surface area (Å²) in [6, 6.07) is 33.0. The van der Waals surface area contributed by atoms with Crippen molar-refractivity contribution in [2.45, 2.75) is 26.2 Å². The average molecular weight is 504 g/mol. The van der Waals surface area contributed by atoms with Crippen LogP contribution in [0.5, 0.6) is 0 Å². The van der Waals surface area contributed by atoms with Crippen LogP contribution in [0.4, 0.5) is 0 Å². The third-order valence-corrected chi connectivity index (χ3v) is 7.52. The molecule has 31 heavy (non-hydrogen) atoms. The fourth-order valence-corrected chi connectivity index (χ4v) is 5.35. The Morgan fingerprint density at radius 1 is 0.581 bits per heavy atom. The average Bonchev–Trinajstić information content (AvgIpc) is 2.95. The summed E-state index contributed by atoms with van der Waals surface area (Å²) in [5.74, 6) is 0.403. The van der Waals surface area contributed by atoms with Crippen LogP contribution in [0.25, 0.3) is 0 Å². The minimum Gasteiger partial charge on any atom is -1.00 e. The Bertz CT molecular complexity index is 945. The first-order valence-electron chi connectivity index (χ1n) is 9.89. The molecule has 1 atom stereocenters. The van der Waals surface area contributed by atoms with Crippen molar-refractivity contribution in [3.63, 3.8) is 0 Å². The van der Waals surface area contributed by atoms with Crippen molar-refractivity contribution in [3.05, 3.63) is 128 Å². The first-order valence-corrected chi connectivity index (χ1v) is 10.7. The molecule has 0 saturated carbocycles. The second kappa shape index (κ2) is 11.5. The van der Waals surface area contributed by atoms with Crippen molar-refractivity contribution >= 4 is 0 Å². The summed E-state index contributed by atoms with van der Waals surface area (Å²) >= 11 is 2.29. The zero-order chi connectivity index (χ0) is 19.7. The Morgan fingerprint density at radius 2 is 0.903 bits per heavy atom. The molecular formula is C27H25Cl3Ti. The number of hydrogen-bond acceptors (Lipinski definition) is 0. The molecule has 1 aliphatic carbocycles. The zero-order valence-electron chi connectivity index (χ0n) is 17.9. The number of allylic oxidation sites excluding steroid dienone is 4. The Labute approximate surface area is 216 Å². The van der Waals surface area contributed by atoms with Gasteiger partial charge in [-0.05, 0) is 0 Å². The second-order valence-electron chi connectivity index (χ2n) is 7.65. The van der Waals surface area contributed by atoms with E-state index in [-0.39, 0.29) is 42.6 Å². The number of rotatable bonds is 4. The van der Waals surface area contributed by atoms with E-state index in [4.69, 9.17) is 0 Å². The summed E-state index contributed by atoms with van der Waals surface area (Å²) in [6.07, 6.45) is 0. The van der Waals surface area contributed by atoms with Gasteiger partial charge >= 0.3 is 181 Å². The predicted octanol–water partition coefficient (Wildman–Crippen LogP) is -2.18. The molecular weight excluding hydrogens is 479 g/mol. The van der Waals surface area contributed by atoms with Crippen LogP contribution in [0, 0.1) is 5.92 Å². The zero-order valence-corrected chi connectivity index (χ0v) is 21.7. The standard InChI is InChI=1S/C27H25.3ClH.Ti/c1-20-19-21(2)26(22(20)3)27(23-13-7-4-8-14-23,24-15-9-5-10-16-24)25-17-11-6-12-18-25;;;;/h4-18,21H,1-3H3;3*1H;/q;;;;+3/p-3. The molecule has 0 N–H and O–H groups in total. The molecule has 0 bridgehead atoms. The molecule has 3 aromatic carbocycles. The first kappa shape index (κ1) is 27.8. The Kier molecular flexibility index (Phi) is 10.3. The number of hydrogen-bond donors (Lipinski definition) is 0. The van der Waals surface area contributed by atoms with E-state index in [9.17, 15) is 0 Å². The summed E-state index contributed by atoms with van der Waals surface area (Å²) in [4.78, 5) is 0. The smallest absolute Gasteiger partial charge is 1.00 e. The van der Waals surface area contributed by atoms with E-state index in [0.29, 0.717) is 5.92 Å². The van der Waals surface area contributed by atoms with Gasteiger partial charge in [0, 0.05) is 0 Å². The molecule has 4 rings (SSSR count). The topological polar surface area (TPSA) is 0 Å². The quantitative estimate of drug-likeness (QED) is 0.281. The molecule has 1 unspecified atom stereocenters. The maximum absolute atomic E-state index is 2.37. The summed E-state index contributed by atoms with van der Waals surface area (Å²) in [5, 5.41) is 0. The Morgan fingerprint density at radius 3 is 1.16 bits per heavy atom. The summed E-state index contributed by atoms with van der Waals surface area (Å²) in [5.41, 5.74) is 8.07. The predicted molar refractivity (Wildman–Crippen MR) is 114 cm³/mol. The van der Waals surface area contributed by atoms with Gasteiger partial charge in [-0.1, -0.05) is 0 Å². The van der Waals surface area contributed by atoms with Gasteiger partial charge in [-0.2, -0.15) is 0 Å². The van der Waals surface area contributed by atoms with E-state index in [1.165, 1.54) is 37.3 Å². The van der Waals surface area contributed by atoms with Crippen molar-refractivity contribution in [1.29, 1.82) is 0 Å². The van der Waals surface area contributed by atoms with Gasteiger partial charge in [0.2, 0.25) is 0 Å². The second-order valence-corrected chi connectivity index (χ2v) is 8.49. The summed E-state index contributed by atoms with van der Waals surface area (Å²) in [7, 11) is 0. The minimum atomic E-state index is -0.299. The van der Waals surface area contributed by atoms with E-state index in [0.717, 1.165) is 0 Å². The molecule has 0 radical (unpaired) electrons. The summed E-state index contributed by atoms with van der Waals surface area (Å²) in [6.45, 7) is 6.95. The molecule has 0 aliphatic heterocycles. The van der Waals surface area contributed by atoms with Crippen LogP contribution < -0.4 is 37.2 Å². The van der Waals surface area contributed by atoms with Crippen LogP contribution in [0.3, 0.4) is 0 Å². The van der Waals surface area contributed by atoms with Gasteiger partial charge in [0.1, 0.15) is 0 Å². The van der Waals surface area contributed by atoms with Gasteiger partial charge in [0.25, 0.3) is 0 Å². The molecule has 1 aliphatic rings. The van der Waals surface area contributed by atoms with Crippen LogP contribution in [-0.2, 0) is 25.9 Å². The van der Waals surface area contributed by atoms with Crippen LogP contribution >= 0.6 is 0 Å². The van der Waals surface area contributed by atoms with E-state index in [1.54, 1.807) is 0 Å².